The van der Waals surface area contributed by atoms with Crippen LogP contribution < -0.4 is 15.8 Å². The van der Waals surface area contributed by atoms with Crippen molar-refractivity contribution in [2.45, 2.75) is 20.4 Å². The first kappa shape index (κ1) is 19.3. The number of aromatic amines is 1. The molecule has 1 saturated heterocycles. The molecule has 8 heteroatoms. The van der Waals surface area contributed by atoms with Crippen LogP contribution in [0.2, 0.25) is 0 Å². The van der Waals surface area contributed by atoms with Crippen LogP contribution in [-0.2, 0) is 6.54 Å². The monoisotopic (exact) mass is 396 g/mol. The number of pyridine rings is 1. The van der Waals surface area contributed by atoms with Gasteiger partial charge in [0, 0.05) is 45.3 Å². The van der Waals surface area contributed by atoms with E-state index in [4.69, 9.17) is 0 Å². The molecule has 3 heterocycles. The van der Waals surface area contributed by atoms with Crippen molar-refractivity contribution in [3.63, 3.8) is 0 Å². The molecule has 1 fully saturated rings. The van der Waals surface area contributed by atoms with Crippen molar-refractivity contribution >= 4 is 22.5 Å². The Balaban J connectivity index is 1.47. The third kappa shape index (κ3) is 3.80. The summed E-state index contributed by atoms with van der Waals surface area (Å²) in [5.41, 5.74) is 3.36. The Morgan fingerprint density at radius 2 is 1.83 bits per heavy atom. The Labute approximate surface area is 168 Å². The highest BCUT2D eigenvalue weighted by molar-refractivity contribution is 5.75. The summed E-state index contributed by atoms with van der Waals surface area (Å²) in [7, 11) is 1.86. The van der Waals surface area contributed by atoms with E-state index in [0.717, 1.165) is 43.4 Å². The Morgan fingerprint density at radius 1 is 1.07 bits per heavy atom. The number of aryl methyl sites for hydroxylation is 2. The summed E-state index contributed by atoms with van der Waals surface area (Å²) in [5, 5.41) is 3.06. The number of piperazine rings is 1. The summed E-state index contributed by atoms with van der Waals surface area (Å²) in [5.74, 6) is 0.469. The molecule has 0 amide bonds. The number of nitrogens with one attached hydrogen (secondary N) is 2. The quantitative estimate of drug-likeness (QED) is 0.705. The summed E-state index contributed by atoms with van der Waals surface area (Å²) in [6, 6.07) is 7.61. The van der Waals surface area contributed by atoms with E-state index >= 15 is 0 Å². The Kier molecular flexibility index (Phi) is 5.19. The molecule has 1 aliphatic heterocycles. The van der Waals surface area contributed by atoms with Crippen molar-refractivity contribution in [3.8, 4) is 0 Å². The minimum absolute atomic E-state index is 0.183. The first-order valence-electron chi connectivity index (χ1n) is 9.77. The number of benzene rings is 1. The third-order valence-corrected chi connectivity index (χ3v) is 5.48. The number of halogens is 1. The largest absolute Gasteiger partial charge is 0.373 e. The molecule has 0 atom stereocenters. The molecular formula is C21H25FN6O. The van der Waals surface area contributed by atoms with E-state index in [-0.39, 0.29) is 11.1 Å². The van der Waals surface area contributed by atoms with Gasteiger partial charge in [-0.2, -0.15) is 0 Å². The smallest absolute Gasteiger partial charge is 0.269 e. The van der Waals surface area contributed by atoms with Crippen LogP contribution in [0.25, 0.3) is 11.0 Å². The van der Waals surface area contributed by atoms with Gasteiger partial charge in [-0.15, -0.1) is 0 Å². The fraction of sp³-hybridized carbons (Fsp3) is 0.381. The molecular weight excluding hydrogens is 371 g/mol. The minimum Gasteiger partial charge on any atom is -0.373 e. The van der Waals surface area contributed by atoms with Gasteiger partial charge in [0.15, 0.2) is 5.82 Å². The zero-order valence-electron chi connectivity index (χ0n) is 16.9. The van der Waals surface area contributed by atoms with Gasteiger partial charge in [0.2, 0.25) is 0 Å². The van der Waals surface area contributed by atoms with E-state index in [1.54, 1.807) is 19.1 Å². The van der Waals surface area contributed by atoms with E-state index in [0.29, 0.717) is 23.3 Å². The number of nitrogens with zero attached hydrogens (tertiary/aromatic N) is 4. The van der Waals surface area contributed by atoms with Gasteiger partial charge in [-0.1, -0.05) is 6.07 Å². The van der Waals surface area contributed by atoms with Crippen LogP contribution in [0.3, 0.4) is 0 Å². The highest BCUT2D eigenvalue weighted by Gasteiger charge is 2.21. The maximum absolute atomic E-state index is 14.9. The average Bonchev–Trinajstić information content (AvgIpc) is 2.72. The molecule has 3 aromatic rings. The average molecular weight is 396 g/mol. The first-order valence-corrected chi connectivity index (χ1v) is 9.77. The second-order valence-electron chi connectivity index (χ2n) is 7.40. The van der Waals surface area contributed by atoms with E-state index in [9.17, 15) is 9.18 Å². The van der Waals surface area contributed by atoms with Gasteiger partial charge < -0.3 is 15.2 Å². The Bertz CT molecular complexity index is 1100. The highest BCUT2D eigenvalue weighted by Crippen LogP contribution is 2.23. The van der Waals surface area contributed by atoms with Crippen molar-refractivity contribution in [3.05, 3.63) is 57.4 Å². The van der Waals surface area contributed by atoms with Crippen LogP contribution in [0.4, 0.5) is 15.9 Å². The van der Waals surface area contributed by atoms with Crippen molar-refractivity contribution in [2.75, 3.05) is 43.4 Å². The summed E-state index contributed by atoms with van der Waals surface area (Å²) in [4.78, 5) is 27.7. The van der Waals surface area contributed by atoms with Gasteiger partial charge in [-0.25, -0.2) is 14.4 Å². The molecule has 4 rings (SSSR count). The van der Waals surface area contributed by atoms with Crippen LogP contribution in [0, 0.1) is 19.7 Å². The second-order valence-corrected chi connectivity index (χ2v) is 7.40. The lowest BCUT2D eigenvalue weighted by atomic mass is 10.1. The van der Waals surface area contributed by atoms with Crippen LogP contribution in [0.5, 0.6) is 0 Å². The number of fused-ring (bicyclic) bond motifs is 1. The number of hydrogen-bond acceptors (Lipinski definition) is 6. The van der Waals surface area contributed by atoms with Gasteiger partial charge >= 0.3 is 0 Å². The zero-order valence-corrected chi connectivity index (χ0v) is 16.9. The maximum Gasteiger partial charge on any atom is 0.269 e. The lowest BCUT2D eigenvalue weighted by Crippen LogP contribution is -2.46. The molecule has 0 aliphatic carbocycles. The molecule has 0 radical (unpaired) electrons. The van der Waals surface area contributed by atoms with Crippen LogP contribution >= 0.6 is 0 Å². The molecule has 0 bridgehead atoms. The first-order chi connectivity index (χ1) is 14.0. The summed E-state index contributed by atoms with van der Waals surface area (Å²) in [6.45, 7) is 7.50. The summed E-state index contributed by atoms with van der Waals surface area (Å²) < 4.78 is 14.9. The van der Waals surface area contributed by atoms with Gasteiger partial charge in [0.05, 0.1) is 16.9 Å². The maximum atomic E-state index is 14.9. The van der Waals surface area contributed by atoms with Crippen LogP contribution in [0.1, 0.15) is 17.0 Å². The normalized spacial score (nSPS) is 15.1. The minimum atomic E-state index is -0.391. The van der Waals surface area contributed by atoms with Gasteiger partial charge in [0.25, 0.3) is 5.56 Å². The standard InChI is InChI=1S/C21H25FN6O/c1-13-17(6-7-18(23-3)25-13)28-10-8-27(9-11-28)12-15-4-5-16-20(19(15)22)26-21(29)14(2)24-16/h4-7H,8-12H2,1-3H3,(H,23,25)(H,26,29). The van der Waals surface area contributed by atoms with Crippen LogP contribution in [-0.4, -0.2) is 53.1 Å². The molecule has 1 aliphatic rings. The molecule has 2 aromatic heterocycles. The van der Waals surface area contributed by atoms with E-state index < -0.39 is 5.82 Å². The Hall–Kier alpha value is -3.00. The number of aromatic nitrogens is 3. The van der Waals surface area contributed by atoms with Gasteiger partial charge in [-0.3, -0.25) is 9.69 Å². The molecule has 7 nitrogen and oxygen atoms in total. The number of rotatable bonds is 4. The summed E-state index contributed by atoms with van der Waals surface area (Å²) in [6.07, 6.45) is 0. The molecule has 0 saturated carbocycles. The summed E-state index contributed by atoms with van der Waals surface area (Å²) >= 11 is 0. The van der Waals surface area contributed by atoms with Gasteiger partial charge in [0.1, 0.15) is 17.0 Å². The second kappa shape index (κ2) is 7.79. The van der Waals surface area contributed by atoms with E-state index in [2.05, 4.69) is 36.1 Å². The molecule has 1 aromatic carbocycles. The number of anilines is 2. The molecule has 29 heavy (non-hydrogen) atoms. The molecule has 0 unspecified atom stereocenters. The van der Waals surface area contributed by atoms with Crippen molar-refractivity contribution in [1.82, 2.24) is 19.9 Å². The fourth-order valence-electron chi connectivity index (χ4n) is 3.79. The number of hydrogen-bond donors (Lipinski definition) is 2. The number of H-pyrrole nitrogens is 1. The van der Waals surface area contributed by atoms with Crippen LogP contribution in [0.15, 0.2) is 29.1 Å². The molecule has 152 valence electrons. The lowest BCUT2D eigenvalue weighted by Gasteiger charge is -2.36. The lowest BCUT2D eigenvalue weighted by molar-refractivity contribution is 0.246. The predicted octanol–water partition coefficient (Wildman–Crippen LogP) is 2.44. The third-order valence-electron chi connectivity index (χ3n) is 5.48. The zero-order chi connectivity index (χ0) is 20.5. The van der Waals surface area contributed by atoms with Crippen molar-refractivity contribution in [1.29, 1.82) is 0 Å². The van der Waals surface area contributed by atoms with E-state index in [1.165, 1.54) is 0 Å². The molecule has 0 spiro atoms. The Morgan fingerprint density at radius 3 is 2.52 bits per heavy atom. The fourth-order valence-corrected chi connectivity index (χ4v) is 3.79. The topological polar surface area (TPSA) is 77.1 Å². The highest BCUT2D eigenvalue weighted by atomic mass is 19.1. The molecule has 2 N–H and O–H groups in total. The predicted molar refractivity (Wildman–Crippen MR) is 113 cm³/mol. The van der Waals surface area contributed by atoms with Gasteiger partial charge in [-0.05, 0) is 32.0 Å². The van der Waals surface area contributed by atoms with Crippen molar-refractivity contribution < 1.29 is 4.39 Å². The van der Waals surface area contributed by atoms with E-state index in [1.807, 2.05) is 20.0 Å². The SMILES string of the molecule is CNc1ccc(N2CCN(Cc3ccc4nc(C)c(=O)[nH]c4c3F)CC2)c(C)n1. The van der Waals surface area contributed by atoms with Crippen molar-refractivity contribution in [2.24, 2.45) is 0 Å².